The van der Waals surface area contributed by atoms with Crippen molar-refractivity contribution in [2.24, 2.45) is 17.3 Å². The molecular formula is C15H31NO. The van der Waals surface area contributed by atoms with Crippen LogP contribution in [-0.4, -0.2) is 30.8 Å². The van der Waals surface area contributed by atoms with E-state index in [1.165, 1.54) is 6.29 Å². The Morgan fingerprint density at radius 2 is 1.41 bits per heavy atom. The quantitative estimate of drug-likeness (QED) is 0.575. The van der Waals surface area contributed by atoms with Gasteiger partial charge in [0.2, 0.25) is 0 Å². The van der Waals surface area contributed by atoms with Crippen molar-refractivity contribution in [3.8, 4) is 0 Å². The topological polar surface area (TPSA) is 20.3 Å². The molecule has 0 saturated heterocycles. The predicted octanol–water partition coefficient (Wildman–Crippen LogP) is 3.61. The number of carbonyl (C=O) groups excluding carboxylic acids is 1. The van der Waals surface area contributed by atoms with Crippen LogP contribution in [0, 0.1) is 17.3 Å². The van der Waals surface area contributed by atoms with Crippen LogP contribution in [0.15, 0.2) is 0 Å². The maximum atomic E-state index is 11.4. The van der Waals surface area contributed by atoms with E-state index in [2.05, 4.69) is 46.4 Å². The third-order valence-corrected chi connectivity index (χ3v) is 3.44. The highest BCUT2D eigenvalue weighted by Crippen LogP contribution is 2.25. The summed E-state index contributed by atoms with van der Waals surface area (Å²) in [4.78, 5) is 13.8. The van der Waals surface area contributed by atoms with Crippen LogP contribution in [0.25, 0.3) is 0 Å². The van der Waals surface area contributed by atoms with Crippen molar-refractivity contribution in [2.45, 2.75) is 54.4 Å². The maximum absolute atomic E-state index is 11.4. The molecule has 0 heterocycles. The summed E-state index contributed by atoms with van der Waals surface area (Å²) in [6.45, 7) is 16.3. The summed E-state index contributed by atoms with van der Waals surface area (Å²) >= 11 is 0. The van der Waals surface area contributed by atoms with Crippen molar-refractivity contribution >= 4 is 6.29 Å². The van der Waals surface area contributed by atoms with E-state index in [1.54, 1.807) is 0 Å². The van der Waals surface area contributed by atoms with Gasteiger partial charge in [-0.25, -0.2) is 0 Å². The summed E-state index contributed by atoms with van der Waals surface area (Å²) < 4.78 is 0. The molecule has 0 radical (unpaired) electrons. The second kappa shape index (κ2) is 7.86. The highest BCUT2D eigenvalue weighted by Gasteiger charge is 2.28. The van der Waals surface area contributed by atoms with Gasteiger partial charge in [0, 0.05) is 25.0 Å². The van der Waals surface area contributed by atoms with Crippen molar-refractivity contribution in [3.05, 3.63) is 0 Å². The maximum Gasteiger partial charge on any atom is 0.127 e. The molecule has 102 valence electrons. The third kappa shape index (κ3) is 6.21. The SMILES string of the molecule is CCC(C=O)(CC)CN(CC(C)C)CC(C)C. The van der Waals surface area contributed by atoms with Gasteiger partial charge in [-0.3, -0.25) is 0 Å². The van der Waals surface area contributed by atoms with Gasteiger partial charge in [-0.15, -0.1) is 0 Å². The fraction of sp³-hybridized carbons (Fsp3) is 0.933. The first kappa shape index (κ1) is 16.6. The molecule has 0 saturated carbocycles. The Kier molecular flexibility index (Phi) is 7.69. The monoisotopic (exact) mass is 241 g/mol. The van der Waals surface area contributed by atoms with Gasteiger partial charge >= 0.3 is 0 Å². The Balaban J connectivity index is 4.63. The number of aldehydes is 1. The number of hydrogen-bond acceptors (Lipinski definition) is 2. The molecule has 0 aliphatic heterocycles. The lowest BCUT2D eigenvalue weighted by Crippen LogP contribution is -2.41. The lowest BCUT2D eigenvalue weighted by molar-refractivity contribution is -0.118. The molecule has 17 heavy (non-hydrogen) atoms. The smallest absolute Gasteiger partial charge is 0.127 e. The highest BCUT2D eigenvalue weighted by atomic mass is 16.1. The summed E-state index contributed by atoms with van der Waals surface area (Å²) in [5.41, 5.74) is -0.135. The van der Waals surface area contributed by atoms with Gasteiger partial charge in [0.1, 0.15) is 6.29 Å². The zero-order chi connectivity index (χ0) is 13.5. The Hall–Kier alpha value is -0.370. The van der Waals surface area contributed by atoms with Gasteiger partial charge in [-0.2, -0.15) is 0 Å². The largest absolute Gasteiger partial charge is 0.303 e. The molecular weight excluding hydrogens is 210 g/mol. The van der Waals surface area contributed by atoms with Crippen LogP contribution in [0.2, 0.25) is 0 Å². The molecule has 0 aromatic heterocycles. The van der Waals surface area contributed by atoms with E-state index in [9.17, 15) is 4.79 Å². The van der Waals surface area contributed by atoms with Crippen LogP contribution in [0.3, 0.4) is 0 Å². The normalized spacial score (nSPS) is 12.8. The average molecular weight is 241 g/mol. The summed E-state index contributed by atoms with van der Waals surface area (Å²) in [5.74, 6) is 1.32. The zero-order valence-corrected chi connectivity index (χ0v) is 12.6. The van der Waals surface area contributed by atoms with Gasteiger partial charge in [0.15, 0.2) is 0 Å². The molecule has 0 aliphatic rings. The molecule has 0 atom stereocenters. The molecule has 0 rings (SSSR count). The molecule has 0 unspecified atom stereocenters. The molecule has 0 amide bonds. The lowest BCUT2D eigenvalue weighted by Gasteiger charge is -2.35. The summed E-state index contributed by atoms with van der Waals surface area (Å²) in [6.07, 6.45) is 3.07. The van der Waals surface area contributed by atoms with E-state index in [-0.39, 0.29) is 5.41 Å². The van der Waals surface area contributed by atoms with E-state index < -0.39 is 0 Å². The first-order valence-corrected chi connectivity index (χ1v) is 7.07. The van der Waals surface area contributed by atoms with Crippen molar-refractivity contribution < 1.29 is 4.79 Å². The minimum Gasteiger partial charge on any atom is -0.303 e. The molecule has 0 aromatic carbocycles. The molecule has 2 nitrogen and oxygen atoms in total. The van der Waals surface area contributed by atoms with Gasteiger partial charge in [0.05, 0.1) is 0 Å². The number of hydrogen-bond donors (Lipinski definition) is 0. The molecule has 0 N–H and O–H groups in total. The Bertz CT molecular complexity index is 197. The molecule has 0 aliphatic carbocycles. The van der Waals surface area contributed by atoms with Gasteiger partial charge in [0.25, 0.3) is 0 Å². The van der Waals surface area contributed by atoms with Crippen LogP contribution >= 0.6 is 0 Å². The van der Waals surface area contributed by atoms with Crippen LogP contribution in [0.5, 0.6) is 0 Å². The molecule has 0 bridgehead atoms. The highest BCUT2D eigenvalue weighted by molar-refractivity contribution is 5.59. The summed E-state index contributed by atoms with van der Waals surface area (Å²) in [5, 5.41) is 0. The van der Waals surface area contributed by atoms with Gasteiger partial charge in [-0.1, -0.05) is 41.5 Å². The predicted molar refractivity (Wildman–Crippen MR) is 75.2 cm³/mol. The van der Waals surface area contributed by atoms with Gasteiger partial charge < -0.3 is 9.69 Å². The van der Waals surface area contributed by atoms with Crippen LogP contribution in [-0.2, 0) is 4.79 Å². The second-order valence-corrected chi connectivity index (χ2v) is 6.17. The first-order chi connectivity index (χ1) is 7.89. The van der Waals surface area contributed by atoms with E-state index >= 15 is 0 Å². The summed E-state index contributed by atoms with van der Waals surface area (Å²) in [6, 6.07) is 0. The zero-order valence-electron chi connectivity index (χ0n) is 12.6. The van der Waals surface area contributed by atoms with Crippen molar-refractivity contribution in [1.29, 1.82) is 0 Å². The van der Waals surface area contributed by atoms with E-state index in [0.29, 0.717) is 11.8 Å². The van der Waals surface area contributed by atoms with Crippen LogP contribution in [0.1, 0.15) is 54.4 Å². The minimum absolute atomic E-state index is 0.135. The number of rotatable bonds is 9. The average Bonchev–Trinajstić information content (AvgIpc) is 2.24. The fourth-order valence-electron chi connectivity index (χ4n) is 2.36. The molecule has 2 heteroatoms. The number of nitrogens with zero attached hydrogens (tertiary/aromatic N) is 1. The minimum atomic E-state index is -0.135. The van der Waals surface area contributed by atoms with E-state index in [4.69, 9.17) is 0 Å². The first-order valence-electron chi connectivity index (χ1n) is 7.07. The standard InChI is InChI=1S/C15H31NO/c1-7-15(8-2,12-17)11-16(9-13(3)4)10-14(5)6/h12-14H,7-11H2,1-6H3. The van der Waals surface area contributed by atoms with E-state index in [1.807, 2.05) is 0 Å². The number of carbonyl (C=O) groups is 1. The Morgan fingerprint density at radius 1 is 1.00 bits per heavy atom. The lowest BCUT2D eigenvalue weighted by atomic mass is 9.83. The van der Waals surface area contributed by atoms with Crippen LogP contribution < -0.4 is 0 Å². The van der Waals surface area contributed by atoms with E-state index in [0.717, 1.165) is 32.5 Å². The fourth-order valence-corrected chi connectivity index (χ4v) is 2.36. The van der Waals surface area contributed by atoms with Crippen molar-refractivity contribution in [1.82, 2.24) is 4.90 Å². The second-order valence-electron chi connectivity index (χ2n) is 6.17. The van der Waals surface area contributed by atoms with Crippen LogP contribution in [0.4, 0.5) is 0 Å². The molecule has 0 aromatic rings. The van der Waals surface area contributed by atoms with Crippen molar-refractivity contribution in [2.75, 3.05) is 19.6 Å². The summed E-state index contributed by atoms with van der Waals surface area (Å²) in [7, 11) is 0. The Morgan fingerprint density at radius 3 is 1.65 bits per heavy atom. The Labute approximate surface area is 108 Å². The molecule has 0 fully saturated rings. The molecule has 0 spiro atoms. The third-order valence-electron chi connectivity index (χ3n) is 3.44. The van der Waals surface area contributed by atoms with Gasteiger partial charge in [-0.05, 0) is 24.7 Å². The van der Waals surface area contributed by atoms with Crippen molar-refractivity contribution in [3.63, 3.8) is 0 Å².